The Bertz CT molecular complexity index is 1490. The molecule has 0 amide bonds. The summed E-state index contributed by atoms with van der Waals surface area (Å²) < 4.78 is 34.5. The molecule has 2 fully saturated rings. The largest absolute Gasteiger partial charge is 0.457 e. The first-order chi connectivity index (χ1) is 38.6. The fraction of sp³-hybridized carbons (Fsp3) is 0.862. The van der Waals surface area contributed by atoms with E-state index in [1.807, 2.05) is 0 Å². The van der Waals surface area contributed by atoms with Gasteiger partial charge in [0, 0.05) is 13.0 Å². The van der Waals surface area contributed by atoms with E-state index in [0.29, 0.717) is 13.0 Å². The molecule has 0 radical (unpaired) electrons. The van der Waals surface area contributed by atoms with E-state index in [2.05, 4.69) is 62.5 Å². The molecule has 11 atom stereocenters. The molecular weight excluding hydrogens is 1000 g/mol. The molecule has 2 rings (SSSR count). The second-order valence-corrected chi connectivity index (χ2v) is 22.6. The molecule has 14 heteroatoms. The maximum absolute atomic E-state index is 13.1. The van der Waals surface area contributed by atoms with Crippen LogP contribution >= 0.6 is 0 Å². The minimum Gasteiger partial charge on any atom is -0.457 e. The molecule has 14 nitrogen and oxygen atoms in total. The summed E-state index contributed by atoms with van der Waals surface area (Å²) in [5.74, 6) is -0.372. The van der Waals surface area contributed by atoms with Crippen LogP contribution in [0.5, 0.6) is 0 Å². The van der Waals surface area contributed by atoms with Gasteiger partial charge in [-0.1, -0.05) is 249 Å². The van der Waals surface area contributed by atoms with Crippen molar-refractivity contribution in [3.63, 3.8) is 0 Å². The van der Waals surface area contributed by atoms with E-state index in [4.69, 9.17) is 28.4 Å². The van der Waals surface area contributed by atoms with Crippen LogP contribution in [0.1, 0.15) is 258 Å². The zero-order valence-corrected chi connectivity index (χ0v) is 49.9. The van der Waals surface area contributed by atoms with E-state index in [9.17, 15) is 40.5 Å². The fourth-order valence-electron chi connectivity index (χ4n) is 10.2. The summed E-state index contributed by atoms with van der Waals surface area (Å²) in [7, 11) is 0. The fourth-order valence-corrected chi connectivity index (χ4v) is 10.2. The van der Waals surface area contributed by atoms with Crippen molar-refractivity contribution in [2.75, 3.05) is 33.0 Å². The lowest BCUT2D eigenvalue weighted by Crippen LogP contribution is -2.61. The van der Waals surface area contributed by atoms with Crippen LogP contribution in [0.3, 0.4) is 0 Å². The number of carbonyl (C=O) groups is 1. The Morgan fingerprint density at radius 3 is 1.29 bits per heavy atom. The lowest BCUT2D eigenvalue weighted by atomic mass is 9.98. The Kier molecular flexibility index (Phi) is 47.7. The molecule has 0 aromatic rings. The maximum atomic E-state index is 13.1. The highest BCUT2D eigenvalue weighted by Crippen LogP contribution is 2.27. The van der Waals surface area contributed by atoms with E-state index < -0.39 is 80.7 Å². The predicted octanol–water partition coefficient (Wildman–Crippen LogP) is 12.6. The van der Waals surface area contributed by atoms with Crippen LogP contribution in [0.15, 0.2) is 48.6 Å². The van der Waals surface area contributed by atoms with Gasteiger partial charge in [0.05, 0.1) is 26.4 Å². The molecule has 462 valence electrons. The zero-order chi connectivity index (χ0) is 57.2. The Labute approximate surface area is 480 Å². The first-order valence-corrected chi connectivity index (χ1v) is 32.2. The normalized spacial score (nSPS) is 24.3. The van der Waals surface area contributed by atoms with Gasteiger partial charge in [-0.15, -0.1) is 0 Å². The number of esters is 1. The molecule has 0 aromatic carbocycles. The molecule has 79 heavy (non-hydrogen) atoms. The maximum Gasteiger partial charge on any atom is 0.306 e. The zero-order valence-electron chi connectivity index (χ0n) is 49.9. The van der Waals surface area contributed by atoms with Gasteiger partial charge in [0.1, 0.15) is 54.9 Å². The van der Waals surface area contributed by atoms with E-state index >= 15 is 0 Å². The van der Waals surface area contributed by atoms with Gasteiger partial charge in [0.2, 0.25) is 0 Å². The molecule has 2 aliphatic rings. The molecule has 11 unspecified atom stereocenters. The van der Waals surface area contributed by atoms with Crippen molar-refractivity contribution < 1.29 is 69.0 Å². The van der Waals surface area contributed by atoms with Gasteiger partial charge in [-0.3, -0.25) is 4.79 Å². The van der Waals surface area contributed by atoms with Crippen molar-refractivity contribution in [1.29, 1.82) is 0 Å². The smallest absolute Gasteiger partial charge is 0.306 e. The van der Waals surface area contributed by atoms with Crippen LogP contribution in [0.2, 0.25) is 0 Å². The van der Waals surface area contributed by atoms with Crippen LogP contribution in [-0.2, 0) is 33.2 Å². The number of aliphatic hydroxyl groups excluding tert-OH is 7. The molecular formula is C65H118O14. The van der Waals surface area contributed by atoms with E-state index in [-0.39, 0.29) is 25.6 Å². The predicted molar refractivity (Wildman–Crippen MR) is 316 cm³/mol. The van der Waals surface area contributed by atoms with Crippen molar-refractivity contribution in [3.8, 4) is 0 Å². The van der Waals surface area contributed by atoms with Crippen molar-refractivity contribution >= 4 is 5.97 Å². The number of aliphatic hydroxyl groups is 7. The first-order valence-electron chi connectivity index (χ1n) is 32.2. The van der Waals surface area contributed by atoms with Gasteiger partial charge in [0.25, 0.3) is 0 Å². The number of rotatable bonds is 53. The first kappa shape index (κ1) is 73.1. The monoisotopic (exact) mass is 1120 g/mol. The van der Waals surface area contributed by atoms with Crippen molar-refractivity contribution in [2.24, 2.45) is 0 Å². The van der Waals surface area contributed by atoms with Crippen LogP contribution in [-0.4, -0.2) is 142 Å². The number of carbonyl (C=O) groups excluding carboxylic acids is 1. The van der Waals surface area contributed by atoms with Crippen molar-refractivity contribution in [1.82, 2.24) is 0 Å². The number of ether oxygens (including phenoxy) is 6. The molecule has 0 aromatic heterocycles. The minimum atomic E-state index is -1.71. The van der Waals surface area contributed by atoms with Gasteiger partial charge in [-0.2, -0.15) is 0 Å². The third kappa shape index (κ3) is 37.7. The van der Waals surface area contributed by atoms with Gasteiger partial charge >= 0.3 is 5.97 Å². The SMILES string of the molecule is CC/C=C\C/C=C\C/C=C\C/C=C\CCCCCCCCCCCCCOCC(COC1OC(COC2OC(CO)C(O)C(O)C2O)C(O)C(O)C1O)OC(=O)CCCCCCCCCCCCCCCCCCCCCCC. The number of unbranched alkanes of at least 4 members (excludes halogenated alkanes) is 31. The van der Waals surface area contributed by atoms with Gasteiger partial charge < -0.3 is 64.2 Å². The van der Waals surface area contributed by atoms with Crippen LogP contribution in [0.4, 0.5) is 0 Å². The Morgan fingerprint density at radius 1 is 0.430 bits per heavy atom. The molecule has 2 aliphatic heterocycles. The standard InChI is InChI=1S/C65H118O14/c1-3-5-7-9-11-13-15-17-19-21-23-25-26-27-29-31-33-35-37-39-41-43-45-47-49-74-51-54(52-75-64-63(73)61(71)59(69)56(79-64)53-76-65-62(72)60(70)58(68)55(50-66)78-65)77-57(67)48-46-44-42-40-38-36-34-32-30-28-24-22-20-18-16-14-12-10-8-6-4-2/h5,7,11,13,17,19,23,25,54-56,58-66,68-73H,3-4,6,8-10,12,14-16,18,20-22,24,26-53H2,1-2H3/b7-5-,13-11-,19-17-,25-23-. The average molecular weight is 1120 g/mol. The average Bonchev–Trinajstić information content (AvgIpc) is 3.46. The van der Waals surface area contributed by atoms with Crippen molar-refractivity contribution in [3.05, 3.63) is 48.6 Å². The van der Waals surface area contributed by atoms with Crippen molar-refractivity contribution in [2.45, 2.75) is 325 Å². The summed E-state index contributed by atoms with van der Waals surface area (Å²) in [5.41, 5.74) is 0. The Balaban J connectivity index is 1.67. The molecule has 7 N–H and O–H groups in total. The van der Waals surface area contributed by atoms with E-state index in [1.165, 1.54) is 161 Å². The molecule has 0 bridgehead atoms. The highest BCUT2D eigenvalue weighted by atomic mass is 16.7. The second-order valence-electron chi connectivity index (χ2n) is 22.6. The summed E-state index contributed by atoms with van der Waals surface area (Å²) in [6.45, 7) is 3.62. The van der Waals surface area contributed by atoms with E-state index in [1.54, 1.807) is 0 Å². The summed E-state index contributed by atoms with van der Waals surface area (Å²) in [6, 6.07) is 0. The highest BCUT2D eigenvalue weighted by Gasteiger charge is 2.47. The quantitative estimate of drug-likeness (QED) is 0.0172. The van der Waals surface area contributed by atoms with Crippen LogP contribution < -0.4 is 0 Å². The lowest BCUT2D eigenvalue weighted by Gasteiger charge is -2.42. The minimum absolute atomic E-state index is 0.0616. The summed E-state index contributed by atoms with van der Waals surface area (Å²) >= 11 is 0. The summed E-state index contributed by atoms with van der Waals surface area (Å²) in [6.07, 6.45) is 47.5. The molecule has 0 saturated carbocycles. The van der Waals surface area contributed by atoms with Gasteiger partial charge in [-0.05, 0) is 51.4 Å². The topological polar surface area (TPSA) is 214 Å². The van der Waals surface area contributed by atoms with Gasteiger partial charge in [-0.25, -0.2) is 0 Å². The number of hydrogen-bond acceptors (Lipinski definition) is 14. The lowest BCUT2D eigenvalue weighted by molar-refractivity contribution is -0.332. The number of allylic oxidation sites excluding steroid dienone is 8. The summed E-state index contributed by atoms with van der Waals surface area (Å²) in [4.78, 5) is 13.1. The molecule has 2 heterocycles. The van der Waals surface area contributed by atoms with Crippen LogP contribution in [0, 0.1) is 0 Å². The Hall–Kier alpha value is -2.05. The second kappa shape index (κ2) is 51.6. The number of hydrogen-bond donors (Lipinski definition) is 7. The third-order valence-corrected chi connectivity index (χ3v) is 15.4. The van der Waals surface area contributed by atoms with E-state index in [0.717, 1.165) is 70.6 Å². The third-order valence-electron chi connectivity index (χ3n) is 15.4. The van der Waals surface area contributed by atoms with Gasteiger partial charge in [0.15, 0.2) is 12.6 Å². The summed E-state index contributed by atoms with van der Waals surface area (Å²) in [5, 5.41) is 72.5. The molecule has 2 saturated heterocycles. The molecule has 0 spiro atoms. The molecule has 0 aliphatic carbocycles. The Morgan fingerprint density at radius 2 is 0.823 bits per heavy atom. The highest BCUT2D eigenvalue weighted by molar-refractivity contribution is 5.69. The van der Waals surface area contributed by atoms with Crippen LogP contribution in [0.25, 0.3) is 0 Å².